The summed E-state index contributed by atoms with van der Waals surface area (Å²) in [7, 11) is 0. The first-order valence-corrected chi connectivity index (χ1v) is 8.47. The number of hydrogen-bond donors (Lipinski definition) is 1. The van der Waals surface area contributed by atoms with Gasteiger partial charge in [0.15, 0.2) is 0 Å². The van der Waals surface area contributed by atoms with Crippen LogP contribution in [0.2, 0.25) is 4.34 Å². The first kappa shape index (κ1) is 13.4. The number of fused-ring (bicyclic) bond motifs is 1. The number of hydrogen-bond acceptors (Lipinski definition) is 4. The minimum atomic E-state index is 0.777. The quantitative estimate of drug-likeness (QED) is 0.637. The van der Waals surface area contributed by atoms with Gasteiger partial charge in [0.25, 0.3) is 0 Å². The van der Waals surface area contributed by atoms with Gasteiger partial charge in [-0.15, -0.1) is 22.7 Å². The summed E-state index contributed by atoms with van der Waals surface area (Å²) in [6, 6.07) is 8.31. The number of aromatic nitrogens is 1. The second-order valence-corrected chi connectivity index (χ2v) is 7.93. The molecule has 0 radical (unpaired) electrons. The van der Waals surface area contributed by atoms with Crippen LogP contribution in [0.5, 0.6) is 0 Å². The molecular weight excluding hydrogens is 364 g/mol. The lowest BCUT2D eigenvalue weighted by Crippen LogP contribution is -1.96. The van der Waals surface area contributed by atoms with Gasteiger partial charge in [-0.2, -0.15) is 0 Å². The maximum Gasteiger partial charge on any atom is 0.107 e. The van der Waals surface area contributed by atoms with Gasteiger partial charge >= 0.3 is 0 Å². The Balaban J connectivity index is 1.77. The van der Waals surface area contributed by atoms with Crippen molar-refractivity contribution >= 4 is 66.1 Å². The minimum absolute atomic E-state index is 0.777. The molecule has 0 aliphatic heterocycles. The fourth-order valence-corrected chi connectivity index (χ4v) is 4.41. The standard InChI is InChI=1S/C13H10BrClN2S2/c1-7-17-11-3-2-8(4-12(11)18-7)16-6-9-5-10(14)13(15)19-9/h2-5,16H,6H2,1H3. The molecule has 0 fully saturated rings. The van der Waals surface area contributed by atoms with E-state index in [1.165, 1.54) is 9.58 Å². The summed E-state index contributed by atoms with van der Waals surface area (Å²) < 4.78 is 2.97. The normalized spacial score (nSPS) is 11.1. The van der Waals surface area contributed by atoms with E-state index >= 15 is 0 Å². The highest BCUT2D eigenvalue weighted by Gasteiger charge is 2.05. The van der Waals surface area contributed by atoms with Crippen molar-refractivity contribution < 1.29 is 0 Å². The maximum absolute atomic E-state index is 6.03. The van der Waals surface area contributed by atoms with Crippen LogP contribution in [0.1, 0.15) is 9.88 Å². The van der Waals surface area contributed by atoms with Gasteiger partial charge in [0.2, 0.25) is 0 Å². The van der Waals surface area contributed by atoms with Gasteiger partial charge in [-0.1, -0.05) is 11.6 Å². The van der Waals surface area contributed by atoms with Gasteiger partial charge in [0, 0.05) is 21.6 Å². The molecule has 0 aliphatic carbocycles. The molecule has 6 heteroatoms. The van der Waals surface area contributed by atoms with Gasteiger partial charge in [-0.3, -0.25) is 0 Å². The Labute approximate surface area is 132 Å². The van der Waals surface area contributed by atoms with Crippen LogP contribution in [-0.4, -0.2) is 4.98 Å². The summed E-state index contributed by atoms with van der Waals surface area (Å²) in [4.78, 5) is 5.66. The summed E-state index contributed by atoms with van der Waals surface area (Å²) in [6.45, 7) is 2.81. The summed E-state index contributed by atoms with van der Waals surface area (Å²) in [5.41, 5.74) is 2.17. The zero-order valence-electron chi connectivity index (χ0n) is 10.0. The average Bonchev–Trinajstić information content (AvgIpc) is 2.88. The van der Waals surface area contributed by atoms with E-state index in [2.05, 4.69) is 50.5 Å². The molecule has 0 spiro atoms. The van der Waals surface area contributed by atoms with E-state index in [1.807, 2.05) is 6.92 Å². The molecule has 0 atom stereocenters. The van der Waals surface area contributed by atoms with Crippen LogP contribution in [0, 0.1) is 6.92 Å². The van der Waals surface area contributed by atoms with E-state index in [4.69, 9.17) is 11.6 Å². The number of anilines is 1. The van der Waals surface area contributed by atoms with Crippen LogP contribution < -0.4 is 5.32 Å². The third-order valence-electron chi connectivity index (χ3n) is 2.66. The Hall–Kier alpha value is -0.620. The topological polar surface area (TPSA) is 24.9 Å². The van der Waals surface area contributed by atoms with Crippen molar-refractivity contribution in [3.05, 3.63) is 43.0 Å². The van der Waals surface area contributed by atoms with E-state index in [0.29, 0.717) is 0 Å². The zero-order valence-corrected chi connectivity index (χ0v) is 14.0. The fraction of sp³-hybridized carbons (Fsp3) is 0.154. The van der Waals surface area contributed by atoms with E-state index < -0.39 is 0 Å². The molecule has 2 nitrogen and oxygen atoms in total. The number of halogens is 2. The largest absolute Gasteiger partial charge is 0.380 e. The second kappa shape index (κ2) is 5.40. The zero-order chi connectivity index (χ0) is 13.4. The number of benzene rings is 1. The summed E-state index contributed by atoms with van der Waals surface area (Å²) in [5.74, 6) is 0. The van der Waals surface area contributed by atoms with Gasteiger partial charge in [0.1, 0.15) is 4.34 Å². The predicted octanol–water partition coefficient (Wildman–Crippen LogP) is 5.69. The molecule has 0 amide bonds. The lowest BCUT2D eigenvalue weighted by atomic mass is 10.3. The molecule has 0 unspecified atom stereocenters. The maximum atomic E-state index is 6.03. The fourth-order valence-electron chi connectivity index (χ4n) is 1.82. The molecule has 19 heavy (non-hydrogen) atoms. The van der Waals surface area contributed by atoms with Crippen molar-refractivity contribution in [1.29, 1.82) is 0 Å². The average molecular weight is 374 g/mol. The summed E-state index contributed by atoms with van der Waals surface area (Å²) in [5, 5.41) is 4.51. The molecule has 2 aromatic heterocycles. The van der Waals surface area contributed by atoms with Crippen LogP contribution in [0.25, 0.3) is 10.2 Å². The number of nitrogens with zero attached hydrogens (tertiary/aromatic N) is 1. The molecular formula is C13H10BrClN2S2. The molecule has 2 heterocycles. The highest BCUT2D eigenvalue weighted by Crippen LogP contribution is 2.32. The number of thiophene rings is 1. The van der Waals surface area contributed by atoms with Crippen LogP contribution in [0.3, 0.4) is 0 Å². The van der Waals surface area contributed by atoms with Gasteiger partial charge in [-0.25, -0.2) is 4.98 Å². The third-order valence-corrected chi connectivity index (χ3v) is 6.07. The van der Waals surface area contributed by atoms with Crippen LogP contribution >= 0.6 is 50.2 Å². The number of nitrogens with one attached hydrogen (secondary N) is 1. The number of rotatable bonds is 3. The Morgan fingerprint density at radius 3 is 2.89 bits per heavy atom. The first-order chi connectivity index (χ1) is 9.11. The Bertz CT molecular complexity index is 716. The lowest BCUT2D eigenvalue weighted by molar-refractivity contribution is 1.19. The summed E-state index contributed by atoms with van der Waals surface area (Å²) in [6.07, 6.45) is 0. The van der Waals surface area contributed by atoms with Crippen molar-refractivity contribution in [2.45, 2.75) is 13.5 Å². The second-order valence-electron chi connectivity index (χ2n) is 4.10. The Kier molecular flexibility index (Phi) is 3.80. The van der Waals surface area contributed by atoms with E-state index in [0.717, 1.165) is 31.6 Å². The van der Waals surface area contributed by atoms with E-state index in [-0.39, 0.29) is 0 Å². The highest BCUT2D eigenvalue weighted by molar-refractivity contribution is 9.10. The van der Waals surface area contributed by atoms with E-state index in [1.54, 1.807) is 22.7 Å². The molecule has 1 aromatic carbocycles. The van der Waals surface area contributed by atoms with Crippen molar-refractivity contribution in [2.24, 2.45) is 0 Å². The SMILES string of the molecule is Cc1nc2ccc(NCc3cc(Br)c(Cl)s3)cc2s1. The van der Waals surface area contributed by atoms with Gasteiger partial charge < -0.3 is 5.32 Å². The third kappa shape index (κ3) is 2.94. The molecule has 0 aliphatic rings. The van der Waals surface area contributed by atoms with Crippen molar-refractivity contribution in [2.75, 3.05) is 5.32 Å². The lowest BCUT2D eigenvalue weighted by Gasteiger charge is -2.04. The predicted molar refractivity (Wildman–Crippen MR) is 88.7 cm³/mol. The molecule has 0 bridgehead atoms. The van der Waals surface area contributed by atoms with E-state index in [9.17, 15) is 0 Å². The molecule has 0 saturated heterocycles. The molecule has 3 aromatic rings. The molecule has 98 valence electrons. The molecule has 0 saturated carbocycles. The van der Waals surface area contributed by atoms with Crippen LogP contribution in [-0.2, 0) is 6.54 Å². The van der Waals surface area contributed by atoms with Crippen molar-refractivity contribution in [3.63, 3.8) is 0 Å². The smallest absolute Gasteiger partial charge is 0.107 e. The van der Waals surface area contributed by atoms with Gasteiger partial charge in [-0.05, 0) is 47.1 Å². The van der Waals surface area contributed by atoms with Crippen LogP contribution in [0.4, 0.5) is 5.69 Å². The molecule has 3 rings (SSSR count). The highest BCUT2D eigenvalue weighted by atomic mass is 79.9. The minimum Gasteiger partial charge on any atom is -0.380 e. The Morgan fingerprint density at radius 1 is 1.32 bits per heavy atom. The number of thiazole rings is 1. The number of aryl methyl sites for hydroxylation is 1. The monoisotopic (exact) mass is 372 g/mol. The summed E-state index contributed by atoms with van der Waals surface area (Å²) >= 11 is 12.8. The Morgan fingerprint density at radius 2 is 2.16 bits per heavy atom. The molecule has 1 N–H and O–H groups in total. The van der Waals surface area contributed by atoms with Crippen molar-refractivity contribution in [3.8, 4) is 0 Å². The van der Waals surface area contributed by atoms with Gasteiger partial charge in [0.05, 0.1) is 15.2 Å². The van der Waals surface area contributed by atoms with Crippen LogP contribution in [0.15, 0.2) is 28.7 Å². The van der Waals surface area contributed by atoms with Crippen molar-refractivity contribution in [1.82, 2.24) is 4.98 Å². The first-order valence-electron chi connectivity index (χ1n) is 5.66.